The molecule has 0 aliphatic heterocycles. The molecule has 0 fully saturated rings. The summed E-state index contributed by atoms with van der Waals surface area (Å²) < 4.78 is 18.0. The Morgan fingerprint density at radius 1 is 1.50 bits per heavy atom. The minimum atomic E-state index is -0.486. The van der Waals surface area contributed by atoms with E-state index in [0.29, 0.717) is 5.56 Å². The third kappa shape index (κ3) is 1.65. The second kappa shape index (κ2) is 3.97. The van der Waals surface area contributed by atoms with Crippen molar-refractivity contribution in [3.8, 4) is 5.75 Å². The standard InChI is InChI=1S/C8H7Cl2FO/c1-12-8-6(10)3-2-5(4-9)7(8)11/h2-3H,4H2,1H3. The van der Waals surface area contributed by atoms with Gasteiger partial charge in [-0.05, 0) is 6.07 Å². The maximum atomic E-state index is 13.2. The van der Waals surface area contributed by atoms with Gasteiger partial charge in [-0.25, -0.2) is 4.39 Å². The van der Waals surface area contributed by atoms with Crippen LogP contribution in [-0.2, 0) is 5.88 Å². The zero-order valence-electron chi connectivity index (χ0n) is 6.40. The SMILES string of the molecule is COc1c(Cl)ccc(CCl)c1F. The number of benzene rings is 1. The Balaban J connectivity index is 3.24. The molecule has 1 rings (SSSR count). The molecule has 1 aromatic carbocycles. The van der Waals surface area contributed by atoms with E-state index in [4.69, 9.17) is 27.9 Å². The first-order valence-electron chi connectivity index (χ1n) is 3.27. The molecule has 0 saturated carbocycles. The second-order valence-electron chi connectivity index (χ2n) is 2.19. The van der Waals surface area contributed by atoms with Crippen LogP contribution in [-0.4, -0.2) is 7.11 Å². The molecule has 0 bridgehead atoms. The minimum absolute atomic E-state index is 0.0508. The Bertz CT molecular complexity index is 289. The van der Waals surface area contributed by atoms with E-state index in [-0.39, 0.29) is 16.7 Å². The summed E-state index contributed by atoms with van der Waals surface area (Å²) in [7, 11) is 1.36. The fourth-order valence-corrected chi connectivity index (χ4v) is 1.29. The summed E-state index contributed by atoms with van der Waals surface area (Å²) in [6, 6.07) is 3.09. The van der Waals surface area contributed by atoms with Gasteiger partial charge in [0.05, 0.1) is 18.0 Å². The molecule has 4 heteroatoms. The van der Waals surface area contributed by atoms with Gasteiger partial charge in [0.15, 0.2) is 11.6 Å². The number of hydrogen-bond acceptors (Lipinski definition) is 1. The van der Waals surface area contributed by atoms with Crippen molar-refractivity contribution in [1.82, 2.24) is 0 Å². The molecule has 0 unspecified atom stereocenters. The van der Waals surface area contributed by atoms with E-state index in [0.717, 1.165) is 0 Å². The zero-order valence-corrected chi connectivity index (χ0v) is 7.92. The summed E-state index contributed by atoms with van der Waals surface area (Å²) in [5.41, 5.74) is 0.387. The highest BCUT2D eigenvalue weighted by atomic mass is 35.5. The fraction of sp³-hybridized carbons (Fsp3) is 0.250. The molecule has 0 N–H and O–H groups in total. The lowest BCUT2D eigenvalue weighted by Gasteiger charge is -2.06. The fourth-order valence-electron chi connectivity index (χ4n) is 0.864. The molecule has 12 heavy (non-hydrogen) atoms. The van der Waals surface area contributed by atoms with Crippen LogP contribution in [0.2, 0.25) is 5.02 Å². The Morgan fingerprint density at radius 2 is 2.17 bits per heavy atom. The van der Waals surface area contributed by atoms with Crippen molar-refractivity contribution < 1.29 is 9.13 Å². The van der Waals surface area contributed by atoms with Crippen molar-refractivity contribution in [3.63, 3.8) is 0 Å². The van der Waals surface area contributed by atoms with E-state index >= 15 is 0 Å². The molecule has 0 amide bonds. The number of methoxy groups -OCH3 is 1. The molecule has 66 valence electrons. The number of alkyl halides is 1. The van der Waals surface area contributed by atoms with Crippen LogP contribution in [0.4, 0.5) is 4.39 Å². The van der Waals surface area contributed by atoms with Crippen molar-refractivity contribution in [2.24, 2.45) is 0 Å². The van der Waals surface area contributed by atoms with Crippen LogP contribution in [0.5, 0.6) is 5.75 Å². The van der Waals surface area contributed by atoms with E-state index in [1.165, 1.54) is 13.2 Å². The molecule has 0 heterocycles. The van der Waals surface area contributed by atoms with Crippen LogP contribution in [0.1, 0.15) is 5.56 Å². The van der Waals surface area contributed by atoms with Crippen molar-refractivity contribution in [2.45, 2.75) is 5.88 Å². The summed E-state index contributed by atoms with van der Waals surface area (Å²) in [5, 5.41) is 0.254. The molecule has 1 aromatic rings. The minimum Gasteiger partial charge on any atom is -0.492 e. The molecule has 0 radical (unpaired) electrons. The second-order valence-corrected chi connectivity index (χ2v) is 2.86. The molecule has 0 aliphatic carbocycles. The summed E-state index contributed by atoms with van der Waals surface area (Å²) in [5.74, 6) is -0.325. The van der Waals surface area contributed by atoms with E-state index in [9.17, 15) is 4.39 Å². The molecular weight excluding hydrogens is 202 g/mol. The predicted octanol–water partition coefficient (Wildman–Crippen LogP) is 3.23. The molecule has 1 nitrogen and oxygen atoms in total. The first kappa shape index (κ1) is 9.62. The monoisotopic (exact) mass is 208 g/mol. The van der Waals surface area contributed by atoms with Crippen LogP contribution >= 0.6 is 23.2 Å². The van der Waals surface area contributed by atoms with Crippen LogP contribution < -0.4 is 4.74 Å². The van der Waals surface area contributed by atoms with Crippen LogP contribution in [0.15, 0.2) is 12.1 Å². The zero-order chi connectivity index (χ0) is 9.14. The molecule has 0 atom stereocenters. The Morgan fingerprint density at radius 3 is 2.67 bits per heavy atom. The van der Waals surface area contributed by atoms with E-state index in [2.05, 4.69) is 0 Å². The summed E-state index contributed by atoms with van der Waals surface area (Å²) in [6.07, 6.45) is 0. The molecular formula is C8H7Cl2FO. The molecule has 0 spiro atoms. The van der Waals surface area contributed by atoms with Crippen molar-refractivity contribution >= 4 is 23.2 Å². The number of hydrogen-bond donors (Lipinski definition) is 0. The third-order valence-electron chi connectivity index (χ3n) is 1.48. The molecule has 0 saturated heterocycles. The third-order valence-corrected chi connectivity index (χ3v) is 2.06. The average molecular weight is 209 g/mol. The highest BCUT2D eigenvalue weighted by Crippen LogP contribution is 2.30. The number of rotatable bonds is 2. The normalized spacial score (nSPS) is 10.0. The lowest BCUT2D eigenvalue weighted by molar-refractivity contribution is 0.385. The maximum Gasteiger partial charge on any atom is 0.173 e. The maximum absolute atomic E-state index is 13.2. The summed E-state index contributed by atoms with van der Waals surface area (Å²) >= 11 is 11.1. The van der Waals surface area contributed by atoms with Gasteiger partial charge in [-0.1, -0.05) is 17.7 Å². The topological polar surface area (TPSA) is 9.23 Å². The van der Waals surface area contributed by atoms with E-state index in [1.807, 2.05) is 0 Å². The van der Waals surface area contributed by atoms with E-state index in [1.54, 1.807) is 6.07 Å². The first-order valence-corrected chi connectivity index (χ1v) is 4.18. The van der Waals surface area contributed by atoms with Crippen LogP contribution in [0.25, 0.3) is 0 Å². The molecule has 0 aliphatic rings. The van der Waals surface area contributed by atoms with E-state index < -0.39 is 5.82 Å². The van der Waals surface area contributed by atoms with Gasteiger partial charge in [-0.3, -0.25) is 0 Å². The van der Waals surface area contributed by atoms with Crippen LogP contribution in [0.3, 0.4) is 0 Å². The lowest BCUT2D eigenvalue weighted by atomic mass is 10.2. The van der Waals surface area contributed by atoms with Crippen LogP contribution in [0, 0.1) is 5.82 Å². The quantitative estimate of drug-likeness (QED) is 0.679. The Hall–Kier alpha value is -0.470. The highest BCUT2D eigenvalue weighted by Gasteiger charge is 2.11. The highest BCUT2D eigenvalue weighted by molar-refractivity contribution is 6.32. The van der Waals surface area contributed by atoms with Gasteiger partial charge in [-0.15, -0.1) is 11.6 Å². The summed E-state index contributed by atoms with van der Waals surface area (Å²) in [6.45, 7) is 0. The van der Waals surface area contributed by atoms with Crippen molar-refractivity contribution in [1.29, 1.82) is 0 Å². The predicted molar refractivity (Wildman–Crippen MR) is 47.5 cm³/mol. The smallest absolute Gasteiger partial charge is 0.173 e. The number of halogens is 3. The average Bonchev–Trinajstić information content (AvgIpc) is 2.06. The van der Waals surface area contributed by atoms with Gasteiger partial charge in [0, 0.05) is 5.56 Å². The lowest BCUT2D eigenvalue weighted by Crippen LogP contribution is -1.93. The Labute approximate surface area is 80.0 Å². The van der Waals surface area contributed by atoms with Gasteiger partial charge in [-0.2, -0.15) is 0 Å². The van der Waals surface area contributed by atoms with Gasteiger partial charge < -0.3 is 4.74 Å². The molecule has 0 aromatic heterocycles. The van der Waals surface area contributed by atoms with Gasteiger partial charge in [0.2, 0.25) is 0 Å². The largest absolute Gasteiger partial charge is 0.492 e. The van der Waals surface area contributed by atoms with Gasteiger partial charge in [0.1, 0.15) is 0 Å². The number of ether oxygens (including phenoxy) is 1. The van der Waals surface area contributed by atoms with Gasteiger partial charge >= 0.3 is 0 Å². The van der Waals surface area contributed by atoms with Gasteiger partial charge in [0.25, 0.3) is 0 Å². The van der Waals surface area contributed by atoms with Crippen molar-refractivity contribution in [3.05, 3.63) is 28.5 Å². The Kier molecular flexibility index (Phi) is 3.18. The first-order chi connectivity index (χ1) is 5.70. The van der Waals surface area contributed by atoms with Crippen molar-refractivity contribution in [2.75, 3.05) is 7.11 Å². The summed E-state index contributed by atoms with van der Waals surface area (Å²) in [4.78, 5) is 0.